The smallest absolute Gasteiger partial charge is 0.281 e. The number of rotatable bonds is 8. The molecule has 1 aromatic rings. The highest BCUT2D eigenvalue weighted by atomic mass is 32.2. The molecule has 2 rings (SSSR count). The average molecular weight is 367 g/mol. The Bertz CT molecular complexity index is 624. The molecule has 0 radical (unpaired) electrons. The van der Waals surface area contributed by atoms with Crippen molar-refractivity contribution in [2.45, 2.75) is 19.9 Å². The normalized spacial score (nSPS) is 13.8. The van der Waals surface area contributed by atoms with Crippen molar-refractivity contribution in [1.29, 1.82) is 0 Å². The van der Waals surface area contributed by atoms with Gasteiger partial charge in [0.05, 0.1) is 6.54 Å². The zero-order valence-electron chi connectivity index (χ0n) is 14.2. The summed E-state index contributed by atoms with van der Waals surface area (Å²) in [5, 5.41) is 2.73. The minimum Gasteiger partial charge on any atom is -0.350 e. The molecule has 0 spiro atoms. The molecule has 1 heterocycles. The fraction of sp³-hybridized carbons (Fsp3) is 0.471. The largest absolute Gasteiger partial charge is 0.350 e. The Labute approximate surface area is 150 Å². The van der Waals surface area contributed by atoms with Crippen molar-refractivity contribution in [3.8, 4) is 0 Å². The van der Waals surface area contributed by atoms with Crippen LogP contribution in [0.4, 0.5) is 9.18 Å². The molecule has 25 heavy (non-hydrogen) atoms. The van der Waals surface area contributed by atoms with Crippen molar-refractivity contribution in [3.05, 3.63) is 35.6 Å². The van der Waals surface area contributed by atoms with Crippen LogP contribution in [0.25, 0.3) is 0 Å². The summed E-state index contributed by atoms with van der Waals surface area (Å²) in [6.45, 7) is 3.54. The predicted molar refractivity (Wildman–Crippen MR) is 94.5 cm³/mol. The van der Waals surface area contributed by atoms with E-state index in [1.54, 1.807) is 17.0 Å². The van der Waals surface area contributed by atoms with Crippen LogP contribution in [-0.4, -0.2) is 58.8 Å². The van der Waals surface area contributed by atoms with E-state index in [0.29, 0.717) is 19.6 Å². The van der Waals surface area contributed by atoms with Crippen LogP contribution in [0.2, 0.25) is 0 Å². The summed E-state index contributed by atoms with van der Waals surface area (Å²) in [6.07, 6.45) is 0.214. The lowest BCUT2D eigenvalue weighted by atomic mass is 10.2. The second-order valence-electron chi connectivity index (χ2n) is 5.66. The minimum absolute atomic E-state index is 0.00730. The molecule has 1 aliphatic rings. The van der Waals surface area contributed by atoms with Crippen molar-refractivity contribution >= 4 is 28.8 Å². The first-order valence-corrected chi connectivity index (χ1v) is 9.18. The van der Waals surface area contributed by atoms with E-state index in [1.165, 1.54) is 28.8 Å². The monoisotopic (exact) mass is 367 g/mol. The Morgan fingerprint density at radius 2 is 2.04 bits per heavy atom. The first kappa shape index (κ1) is 19.2. The molecule has 3 amide bonds. The molecular weight excluding hydrogens is 345 g/mol. The van der Waals surface area contributed by atoms with Crippen LogP contribution in [0.15, 0.2) is 24.3 Å². The summed E-state index contributed by atoms with van der Waals surface area (Å²) in [7, 11) is 0. The topological polar surface area (TPSA) is 69.7 Å². The molecule has 1 N–H and O–H groups in total. The zero-order valence-corrected chi connectivity index (χ0v) is 15.0. The molecule has 0 aliphatic carbocycles. The predicted octanol–water partition coefficient (Wildman–Crippen LogP) is 1.85. The number of carbonyl (C=O) groups is 3. The molecule has 1 saturated heterocycles. The summed E-state index contributed by atoms with van der Waals surface area (Å²) in [4.78, 5) is 38.9. The van der Waals surface area contributed by atoms with Crippen LogP contribution < -0.4 is 5.32 Å². The van der Waals surface area contributed by atoms with Gasteiger partial charge in [-0.1, -0.05) is 23.9 Å². The number of thioether (sulfide) groups is 1. The quantitative estimate of drug-likeness (QED) is 0.761. The summed E-state index contributed by atoms with van der Waals surface area (Å²) in [5.74, 6) is 0.0141. The Morgan fingerprint density at radius 3 is 2.64 bits per heavy atom. The molecule has 1 fully saturated rings. The Hall–Kier alpha value is -2.09. The minimum atomic E-state index is -0.326. The van der Waals surface area contributed by atoms with Crippen molar-refractivity contribution in [2.75, 3.05) is 31.9 Å². The summed E-state index contributed by atoms with van der Waals surface area (Å²) < 4.78 is 12.8. The third kappa shape index (κ3) is 6.04. The molecule has 8 heteroatoms. The number of hydrogen-bond donors (Lipinski definition) is 1. The number of nitrogens with zero attached hydrogens (tertiary/aromatic N) is 2. The number of benzene rings is 1. The number of amides is 3. The molecule has 6 nitrogen and oxygen atoms in total. The van der Waals surface area contributed by atoms with Gasteiger partial charge < -0.3 is 15.1 Å². The number of likely N-dealkylation sites (N-methyl/N-ethyl adjacent to an activating group) is 1. The van der Waals surface area contributed by atoms with E-state index in [1.807, 2.05) is 6.92 Å². The van der Waals surface area contributed by atoms with E-state index in [9.17, 15) is 18.8 Å². The van der Waals surface area contributed by atoms with Gasteiger partial charge in [0, 0.05) is 38.4 Å². The first-order valence-electron chi connectivity index (χ1n) is 8.20. The maximum absolute atomic E-state index is 12.8. The van der Waals surface area contributed by atoms with Crippen LogP contribution in [0, 0.1) is 5.82 Å². The zero-order chi connectivity index (χ0) is 18.2. The lowest BCUT2D eigenvalue weighted by Crippen LogP contribution is -2.41. The van der Waals surface area contributed by atoms with Crippen molar-refractivity contribution in [1.82, 2.24) is 15.1 Å². The molecule has 0 bridgehead atoms. The van der Waals surface area contributed by atoms with Crippen molar-refractivity contribution < 1.29 is 18.8 Å². The van der Waals surface area contributed by atoms with Gasteiger partial charge >= 0.3 is 0 Å². The Balaban J connectivity index is 1.75. The third-order valence-electron chi connectivity index (χ3n) is 3.91. The highest BCUT2D eigenvalue weighted by Gasteiger charge is 2.23. The second kappa shape index (κ2) is 9.41. The van der Waals surface area contributed by atoms with E-state index in [4.69, 9.17) is 0 Å². The molecule has 1 aromatic carbocycles. The summed E-state index contributed by atoms with van der Waals surface area (Å²) in [5.41, 5.74) is 0.786. The molecule has 0 atom stereocenters. The van der Waals surface area contributed by atoms with Gasteiger partial charge in [0.2, 0.25) is 11.8 Å². The fourth-order valence-electron chi connectivity index (χ4n) is 2.43. The summed E-state index contributed by atoms with van der Waals surface area (Å²) >= 11 is 1.26. The SMILES string of the molecule is CCN(CC(=O)NCc1ccc(F)cc1)C(=O)CCN1CCSC1=O. The van der Waals surface area contributed by atoms with Gasteiger partial charge in [0.1, 0.15) is 5.82 Å². The van der Waals surface area contributed by atoms with Gasteiger partial charge in [0.15, 0.2) is 0 Å². The lowest BCUT2D eigenvalue weighted by molar-refractivity contribution is -0.136. The molecule has 0 saturated carbocycles. The molecule has 136 valence electrons. The van der Waals surface area contributed by atoms with Crippen LogP contribution in [0.1, 0.15) is 18.9 Å². The van der Waals surface area contributed by atoms with E-state index >= 15 is 0 Å². The van der Waals surface area contributed by atoms with Crippen molar-refractivity contribution in [3.63, 3.8) is 0 Å². The number of halogens is 1. The number of carbonyl (C=O) groups excluding carboxylic acids is 3. The van der Waals surface area contributed by atoms with E-state index < -0.39 is 0 Å². The number of nitrogens with one attached hydrogen (secondary N) is 1. The maximum atomic E-state index is 12.8. The Kier molecular flexibility index (Phi) is 7.24. The standard InChI is InChI=1S/C17H22FN3O3S/c1-2-20(16(23)7-8-21-9-10-25-17(21)24)12-15(22)19-11-13-3-5-14(18)6-4-13/h3-6H,2,7-12H2,1H3,(H,19,22). The molecule has 1 aliphatic heterocycles. The highest BCUT2D eigenvalue weighted by Crippen LogP contribution is 2.17. The van der Waals surface area contributed by atoms with Crippen LogP contribution in [-0.2, 0) is 16.1 Å². The van der Waals surface area contributed by atoms with Gasteiger partial charge in [0.25, 0.3) is 5.24 Å². The van der Waals surface area contributed by atoms with Gasteiger partial charge in [-0.15, -0.1) is 0 Å². The van der Waals surface area contributed by atoms with E-state index in [2.05, 4.69) is 5.32 Å². The van der Waals surface area contributed by atoms with Gasteiger partial charge in [-0.05, 0) is 24.6 Å². The second-order valence-corrected chi connectivity index (χ2v) is 6.71. The maximum Gasteiger partial charge on any atom is 0.281 e. The number of hydrogen-bond acceptors (Lipinski definition) is 4. The average Bonchev–Trinajstić information content (AvgIpc) is 3.02. The molecule has 0 aromatic heterocycles. The van der Waals surface area contributed by atoms with Crippen molar-refractivity contribution in [2.24, 2.45) is 0 Å². The fourth-order valence-corrected chi connectivity index (χ4v) is 3.28. The Morgan fingerprint density at radius 1 is 1.32 bits per heavy atom. The van der Waals surface area contributed by atoms with Gasteiger partial charge in [-0.2, -0.15) is 0 Å². The van der Waals surface area contributed by atoms with Gasteiger partial charge in [-0.3, -0.25) is 14.4 Å². The van der Waals surface area contributed by atoms with Crippen LogP contribution in [0.5, 0.6) is 0 Å². The summed E-state index contributed by atoms with van der Waals surface area (Å²) in [6, 6.07) is 5.87. The lowest BCUT2D eigenvalue weighted by Gasteiger charge is -2.22. The van der Waals surface area contributed by atoms with E-state index in [0.717, 1.165) is 11.3 Å². The van der Waals surface area contributed by atoms with Gasteiger partial charge in [-0.25, -0.2) is 4.39 Å². The van der Waals surface area contributed by atoms with Crippen LogP contribution in [0.3, 0.4) is 0 Å². The first-order chi connectivity index (χ1) is 12.0. The third-order valence-corrected chi connectivity index (χ3v) is 4.80. The highest BCUT2D eigenvalue weighted by molar-refractivity contribution is 8.13. The molecular formula is C17H22FN3O3S. The molecule has 0 unspecified atom stereocenters. The van der Waals surface area contributed by atoms with Crippen LogP contribution >= 0.6 is 11.8 Å². The van der Waals surface area contributed by atoms with E-state index in [-0.39, 0.29) is 42.4 Å².